The van der Waals surface area contributed by atoms with Crippen molar-refractivity contribution >= 4 is 18.2 Å². The Hall–Kier alpha value is -1.92. The molecule has 0 heterocycles. The highest BCUT2D eigenvalue weighted by atomic mass is 19.2. The van der Waals surface area contributed by atoms with Gasteiger partial charge in [-0.1, -0.05) is 0 Å². The molecular formula is C14H9BF6. The second-order valence-corrected chi connectivity index (χ2v) is 4.69. The van der Waals surface area contributed by atoms with E-state index in [0.717, 1.165) is 13.8 Å². The fraction of sp³-hybridized carbons (Fsp3) is 0.143. The van der Waals surface area contributed by atoms with Gasteiger partial charge in [-0.25, -0.2) is 26.3 Å². The summed E-state index contributed by atoms with van der Waals surface area (Å²) in [4.78, 5) is 0. The molecule has 21 heavy (non-hydrogen) atoms. The average Bonchev–Trinajstić information content (AvgIpc) is 2.42. The van der Waals surface area contributed by atoms with Crippen molar-refractivity contribution in [2.45, 2.75) is 13.8 Å². The summed E-state index contributed by atoms with van der Waals surface area (Å²) in [5.41, 5.74) is -1.78. The van der Waals surface area contributed by atoms with E-state index < -0.39 is 53.2 Å². The minimum atomic E-state index is -1.38. The molecule has 0 aromatic heterocycles. The molecule has 0 radical (unpaired) electrons. The van der Waals surface area contributed by atoms with E-state index >= 15 is 0 Å². The topological polar surface area (TPSA) is 0 Å². The third-order valence-corrected chi connectivity index (χ3v) is 3.38. The molecule has 0 aliphatic rings. The molecular weight excluding hydrogens is 293 g/mol. The first-order valence-electron chi connectivity index (χ1n) is 6.00. The van der Waals surface area contributed by atoms with E-state index in [-0.39, 0.29) is 11.0 Å². The minimum absolute atomic E-state index is 0.309. The van der Waals surface area contributed by atoms with Crippen LogP contribution in [-0.4, -0.2) is 7.28 Å². The first-order valence-corrected chi connectivity index (χ1v) is 6.00. The Kier molecular flexibility index (Phi) is 4.03. The molecule has 0 bridgehead atoms. The normalized spacial score (nSPS) is 10.9. The van der Waals surface area contributed by atoms with Gasteiger partial charge in [0.15, 0.2) is 11.6 Å². The fourth-order valence-corrected chi connectivity index (χ4v) is 2.05. The lowest BCUT2D eigenvalue weighted by Gasteiger charge is -2.11. The van der Waals surface area contributed by atoms with Gasteiger partial charge in [-0.15, -0.1) is 0 Å². The van der Waals surface area contributed by atoms with Crippen LogP contribution >= 0.6 is 0 Å². The smallest absolute Gasteiger partial charge is 0.204 e. The molecule has 0 saturated carbocycles. The Bertz CT molecular complexity index is 665. The SMILES string of the molecule is Cc1c(F)cc(F)c(Bc2c(F)cc(F)c(F)c2C)c1F. The zero-order valence-corrected chi connectivity index (χ0v) is 11.1. The zero-order valence-electron chi connectivity index (χ0n) is 11.1. The zero-order chi connectivity index (χ0) is 15.9. The first kappa shape index (κ1) is 15.5. The molecule has 0 fully saturated rings. The van der Waals surface area contributed by atoms with E-state index in [1.165, 1.54) is 0 Å². The summed E-state index contributed by atoms with van der Waals surface area (Å²) in [5.74, 6) is -7.24. The third-order valence-electron chi connectivity index (χ3n) is 3.38. The molecule has 0 saturated heterocycles. The van der Waals surface area contributed by atoms with Crippen molar-refractivity contribution < 1.29 is 26.3 Å². The molecule has 0 nitrogen and oxygen atoms in total. The van der Waals surface area contributed by atoms with Crippen LogP contribution in [-0.2, 0) is 0 Å². The molecule has 2 rings (SSSR count). The minimum Gasteiger partial charge on any atom is -0.207 e. The molecule has 0 spiro atoms. The molecule has 0 unspecified atom stereocenters. The van der Waals surface area contributed by atoms with Crippen molar-refractivity contribution in [3.05, 3.63) is 58.2 Å². The van der Waals surface area contributed by atoms with Crippen molar-refractivity contribution in [2.24, 2.45) is 0 Å². The van der Waals surface area contributed by atoms with Crippen LogP contribution in [0.4, 0.5) is 26.3 Å². The Morgan fingerprint density at radius 3 is 1.76 bits per heavy atom. The van der Waals surface area contributed by atoms with E-state index in [1.54, 1.807) is 0 Å². The summed E-state index contributed by atoms with van der Waals surface area (Å²) < 4.78 is 80.8. The molecule has 0 N–H and O–H groups in total. The molecule has 2 aromatic rings. The summed E-state index contributed by atoms with van der Waals surface area (Å²) in [6.07, 6.45) is 0. The lowest BCUT2D eigenvalue weighted by Crippen LogP contribution is -2.37. The van der Waals surface area contributed by atoms with Crippen LogP contribution in [0.15, 0.2) is 12.1 Å². The second kappa shape index (κ2) is 5.46. The van der Waals surface area contributed by atoms with Gasteiger partial charge in [0.05, 0.1) is 0 Å². The second-order valence-electron chi connectivity index (χ2n) is 4.69. The lowest BCUT2D eigenvalue weighted by molar-refractivity contribution is 0.492. The lowest BCUT2D eigenvalue weighted by atomic mass is 9.61. The van der Waals surface area contributed by atoms with E-state index in [2.05, 4.69) is 0 Å². The molecule has 7 heteroatoms. The van der Waals surface area contributed by atoms with Crippen molar-refractivity contribution in [2.75, 3.05) is 0 Å². The van der Waals surface area contributed by atoms with Crippen LogP contribution in [0, 0.1) is 48.8 Å². The number of rotatable bonds is 2. The summed E-state index contributed by atoms with van der Waals surface area (Å²) in [5, 5.41) is 0. The number of hydrogen-bond acceptors (Lipinski definition) is 0. The van der Waals surface area contributed by atoms with E-state index in [1.807, 2.05) is 0 Å². The Labute approximate surface area is 117 Å². The summed E-state index contributed by atoms with van der Waals surface area (Å²) in [6, 6.07) is 0.782. The quantitative estimate of drug-likeness (QED) is 0.454. The summed E-state index contributed by atoms with van der Waals surface area (Å²) in [6.45, 7) is 2.20. The Morgan fingerprint density at radius 2 is 1.14 bits per heavy atom. The molecule has 0 aliphatic heterocycles. The number of halogens is 6. The van der Waals surface area contributed by atoms with Gasteiger partial charge in [0.25, 0.3) is 0 Å². The number of hydrogen-bond donors (Lipinski definition) is 0. The van der Waals surface area contributed by atoms with Crippen LogP contribution < -0.4 is 10.9 Å². The first-order chi connectivity index (χ1) is 9.73. The largest absolute Gasteiger partial charge is 0.207 e. The van der Waals surface area contributed by atoms with Crippen LogP contribution in [0.25, 0.3) is 0 Å². The van der Waals surface area contributed by atoms with Gasteiger partial charge in [-0.2, -0.15) is 0 Å². The molecule has 2 aromatic carbocycles. The Morgan fingerprint density at radius 1 is 0.619 bits per heavy atom. The molecule has 0 atom stereocenters. The number of benzene rings is 2. The van der Waals surface area contributed by atoms with Crippen LogP contribution in [0.1, 0.15) is 11.1 Å². The summed E-state index contributed by atoms with van der Waals surface area (Å²) >= 11 is 0. The average molecular weight is 302 g/mol. The maximum absolute atomic E-state index is 13.9. The highest BCUT2D eigenvalue weighted by Gasteiger charge is 2.22. The van der Waals surface area contributed by atoms with Crippen molar-refractivity contribution in [1.82, 2.24) is 0 Å². The predicted octanol–water partition coefficient (Wildman–Crippen LogP) is 2.53. The maximum Gasteiger partial charge on any atom is 0.204 e. The van der Waals surface area contributed by atoms with Crippen LogP contribution in [0.2, 0.25) is 0 Å². The maximum atomic E-state index is 13.9. The molecule has 110 valence electrons. The van der Waals surface area contributed by atoms with Gasteiger partial charge in [0.1, 0.15) is 23.3 Å². The van der Waals surface area contributed by atoms with Gasteiger partial charge < -0.3 is 0 Å². The highest BCUT2D eigenvalue weighted by molar-refractivity contribution is 6.68. The fourth-order valence-electron chi connectivity index (χ4n) is 2.05. The van der Waals surface area contributed by atoms with Gasteiger partial charge in [0, 0.05) is 17.7 Å². The predicted molar refractivity (Wildman–Crippen MR) is 68.5 cm³/mol. The van der Waals surface area contributed by atoms with E-state index in [4.69, 9.17) is 0 Å². The Balaban J connectivity index is 2.59. The highest BCUT2D eigenvalue weighted by Crippen LogP contribution is 2.14. The summed E-state index contributed by atoms with van der Waals surface area (Å²) in [7, 11) is -0.645. The molecule has 0 aliphatic carbocycles. The van der Waals surface area contributed by atoms with Gasteiger partial charge in [0.2, 0.25) is 7.28 Å². The third kappa shape index (κ3) is 2.64. The van der Waals surface area contributed by atoms with Crippen LogP contribution in [0.5, 0.6) is 0 Å². The van der Waals surface area contributed by atoms with E-state index in [9.17, 15) is 26.3 Å². The monoisotopic (exact) mass is 302 g/mol. The van der Waals surface area contributed by atoms with Crippen molar-refractivity contribution in [3.8, 4) is 0 Å². The van der Waals surface area contributed by atoms with Gasteiger partial charge in [-0.05, 0) is 30.3 Å². The van der Waals surface area contributed by atoms with Gasteiger partial charge in [-0.3, -0.25) is 0 Å². The van der Waals surface area contributed by atoms with Crippen molar-refractivity contribution in [1.29, 1.82) is 0 Å². The standard InChI is InChI=1S/C14H9BF6/c1-5-7(16)3-9(18)12(14(5)21)15-11-6(2)13(20)10(19)4-8(11)17/h3-4,15H,1-2H3. The van der Waals surface area contributed by atoms with Gasteiger partial charge >= 0.3 is 0 Å². The van der Waals surface area contributed by atoms with Crippen molar-refractivity contribution in [3.63, 3.8) is 0 Å². The van der Waals surface area contributed by atoms with E-state index in [0.29, 0.717) is 12.1 Å². The van der Waals surface area contributed by atoms with Crippen LogP contribution in [0.3, 0.4) is 0 Å². The molecule has 0 amide bonds.